The van der Waals surface area contributed by atoms with Crippen LogP contribution in [0.1, 0.15) is 23.7 Å². The summed E-state index contributed by atoms with van der Waals surface area (Å²) in [5.74, 6) is 1.34. The van der Waals surface area contributed by atoms with Crippen LogP contribution in [0.4, 0.5) is 16.2 Å². The zero-order chi connectivity index (χ0) is 23.7. The van der Waals surface area contributed by atoms with Crippen molar-refractivity contribution in [2.24, 2.45) is 0 Å². The second-order valence-corrected chi connectivity index (χ2v) is 8.76. The van der Waals surface area contributed by atoms with Crippen molar-refractivity contribution in [3.05, 3.63) is 48.0 Å². The van der Waals surface area contributed by atoms with E-state index in [0.29, 0.717) is 63.0 Å². The van der Waals surface area contributed by atoms with E-state index >= 15 is 0 Å². The maximum absolute atomic E-state index is 12.9. The quantitative estimate of drug-likeness (QED) is 0.699. The molecule has 5 rings (SSSR count). The number of Topliss-reactive ketones (excluding diaryl/α,β-unsaturated/α-hetero) is 1. The molecule has 178 valence electrons. The second kappa shape index (κ2) is 9.24. The van der Waals surface area contributed by atoms with Crippen LogP contribution in [0.25, 0.3) is 0 Å². The van der Waals surface area contributed by atoms with Crippen LogP contribution < -0.4 is 24.6 Å². The fourth-order valence-electron chi connectivity index (χ4n) is 4.59. The molecule has 0 saturated carbocycles. The van der Waals surface area contributed by atoms with Gasteiger partial charge in [-0.2, -0.15) is 0 Å². The molecule has 3 heterocycles. The highest BCUT2D eigenvalue weighted by Crippen LogP contribution is 2.35. The van der Waals surface area contributed by atoms with E-state index in [1.165, 1.54) is 0 Å². The summed E-state index contributed by atoms with van der Waals surface area (Å²) in [6.07, 6.45) is 0.267. The average molecular weight is 465 g/mol. The van der Waals surface area contributed by atoms with Crippen molar-refractivity contribution in [3.63, 3.8) is 0 Å². The van der Waals surface area contributed by atoms with Crippen LogP contribution in [0.5, 0.6) is 11.5 Å². The van der Waals surface area contributed by atoms with E-state index in [4.69, 9.17) is 9.47 Å². The monoisotopic (exact) mass is 464 g/mol. The molecule has 3 aliphatic rings. The number of anilines is 2. The first kappa shape index (κ1) is 22.1. The minimum absolute atomic E-state index is 0.0270. The Hall–Kier alpha value is -3.75. The van der Waals surface area contributed by atoms with Crippen molar-refractivity contribution in [1.82, 2.24) is 10.2 Å². The molecule has 9 nitrogen and oxygen atoms in total. The second-order valence-electron chi connectivity index (χ2n) is 8.76. The minimum Gasteiger partial charge on any atom is -0.486 e. The number of ether oxygens (including phenoxy) is 2. The Morgan fingerprint density at radius 1 is 0.912 bits per heavy atom. The largest absolute Gasteiger partial charge is 0.486 e. The van der Waals surface area contributed by atoms with Crippen molar-refractivity contribution in [2.75, 3.05) is 55.7 Å². The summed E-state index contributed by atoms with van der Waals surface area (Å²) >= 11 is 0. The molecule has 9 heteroatoms. The number of rotatable bonds is 4. The van der Waals surface area contributed by atoms with E-state index in [1.807, 2.05) is 42.5 Å². The summed E-state index contributed by atoms with van der Waals surface area (Å²) in [7, 11) is 0. The summed E-state index contributed by atoms with van der Waals surface area (Å²) in [6, 6.07) is 12.7. The van der Waals surface area contributed by atoms with Gasteiger partial charge in [0.25, 0.3) is 0 Å². The highest BCUT2D eigenvalue weighted by atomic mass is 16.6. The summed E-state index contributed by atoms with van der Waals surface area (Å²) < 4.78 is 11.2. The van der Waals surface area contributed by atoms with E-state index in [0.717, 1.165) is 11.4 Å². The molecular weight excluding hydrogens is 436 g/mol. The van der Waals surface area contributed by atoms with E-state index in [-0.39, 0.29) is 30.2 Å². The SMILES string of the molecule is CC(=O)c1ccc(N2CCN(C(=O)NC3CC(=O)N(c4ccc5c(c4)OCCO5)C3)CC2)cc1. The van der Waals surface area contributed by atoms with Crippen LogP contribution in [0, 0.1) is 0 Å². The average Bonchev–Trinajstić information content (AvgIpc) is 3.23. The van der Waals surface area contributed by atoms with Gasteiger partial charge in [0.1, 0.15) is 13.2 Å². The third kappa shape index (κ3) is 4.50. The molecule has 2 aromatic rings. The fraction of sp³-hybridized carbons (Fsp3) is 0.400. The van der Waals surface area contributed by atoms with Crippen molar-refractivity contribution >= 4 is 29.1 Å². The van der Waals surface area contributed by atoms with Crippen LogP contribution in [-0.4, -0.2) is 74.6 Å². The molecule has 3 aliphatic heterocycles. The van der Waals surface area contributed by atoms with Gasteiger partial charge >= 0.3 is 6.03 Å². The topological polar surface area (TPSA) is 91.4 Å². The van der Waals surface area contributed by atoms with E-state index in [1.54, 1.807) is 16.7 Å². The molecule has 1 N–H and O–H groups in total. The zero-order valence-electron chi connectivity index (χ0n) is 19.2. The van der Waals surface area contributed by atoms with E-state index in [9.17, 15) is 14.4 Å². The lowest BCUT2D eigenvalue weighted by molar-refractivity contribution is -0.117. The Balaban J connectivity index is 1.14. The van der Waals surface area contributed by atoms with Crippen LogP contribution in [0.15, 0.2) is 42.5 Å². The fourth-order valence-corrected chi connectivity index (χ4v) is 4.59. The van der Waals surface area contributed by atoms with Gasteiger partial charge in [-0.05, 0) is 43.3 Å². The number of benzene rings is 2. The first-order valence-electron chi connectivity index (χ1n) is 11.6. The third-order valence-corrected chi connectivity index (χ3v) is 6.50. The number of urea groups is 1. The molecule has 2 saturated heterocycles. The Morgan fingerprint density at radius 3 is 2.29 bits per heavy atom. The Morgan fingerprint density at radius 2 is 1.59 bits per heavy atom. The van der Waals surface area contributed by atoms with Gasteiger partial charge in [0.15, 0.2) is 17.3 Å². The molecule has 0 aromatic heterocycles. The molecule has 3 amide bonds. The first-order valence-corrected chi connectivity index (χ1v) is 11.6. The van der Waals surface area contributed by atoms with E-state index < -0.39 is 0 Å². The van der Waals surface area contributed by atoms with E-state index in [2.05, 4.69) is 10.2 Å². The van der Waals surface area contributed by atoms with Gasteiger partial charge in [-0.15, -0.1) is 0 Å². The summed E-state index contributed by atoms with van der Waals surface area (Å²) in [5, 5.41) is 3.03. The number of fused-ring (bicyclic) bond motifs is 1. The van der Waals surface area contributed by atoms with Crippen LogP contribution in [-0.2, 0) is 4.79 Å². The van der Waals surface area contributed by atoms with Crippen molar-refractivity contribution in [3.8, 4) is 11.5 Å². The smallest absolute Gasteiger partial charge is 0.317 e. The molecular formula is C25H28N4O5. The van der Waals surface area contributed by atoms with Crippen LogP contribution >= 0.6 is 0 Å². The minimum atomic E-state index is -0.245. The maximum Gasteiger partial charge on any atom is 0.317 e. The van der Waals surface area contributed by atoms with Crippen molar-refractivity contribution in [1.29, 1.82) is 0 Å². The number of carbonyl (C=O) groups is 3. The lowest BCUT2D eigenvalue weighted by atomic mass is 10.1. The van der Waals surface area contributed by atoms with Gasteiger partial charge in [-0.25, -0.2) is 4.79 Å². The predicted molar refractivity (Wildman–Crippen MR) is 127 cm³/mol. The zero-order valence-corrected chi connectivity index (χ0v) is 19.2. The normalized spacial score (nSPS) is 19.9. The molecule has 2 fully saturated rings. The van der Waals surface area contributed by atoms with Gasteiger partial charge in [0.2, 0.25) is 5.91 Å². The molecule has 0 radical (unpaired) electrons. The number of hydrogen-bond donors (Lipinski definition) is 1. The third-order valence-electron chi connectivity index (χ3n) is 6.50. The number of ketones is 1. The number of carbonyl (C=O) groups excluding carboxylic acids is 3. The number of piperazine rings is 1. The summed E-state index contributed by atoms with van der Waals surface area (Å²) in [5.41, 5.74) is 2.48. The van der Waals surface area contributed by atoms with Gasteiger partial charge in [-0.3, -0.25) is 9.59 Å². The highest BCUT2D eigenvalue weighted by Gasteiger charge is 2.33. The molecule has 2 aromatic carbocycles. The number of nitrogens with zero attached hydrogens (tertiary/aromatic N) is 3. The number of amides is 3. The number of hydrogen-bond acceptors (Lipinski definition) is 6. The summed E-state index contributed by atoms with van der Waals surface area (Å²) in [6.45, 7) is 5.58. The standard InChI is InChI=1S/C25H28N4O5/c1-17(30)18-2-4-20(5-3-18)27-8-10-28(11-9-27)25(32)26-19-14-24(31)29(16-19)21-6-7-22-23(15-21)34-13-12-33-22/h2-7,15,19H,8-14,16H2,1H3,(H,26,32). The maximum atomic E-state index is 12.9. The molecule has 1 unspecified atom stereocenters. The lowest BCUT2D eigenvalue weighted by Crippen LogP contribution is -2.53. The van der Waals surface area contributed by atoms with Crippen LogP contribution in [0.2, 0.25) is 0 Å². The van der Waals surface area contributed by atoms with Gasteiger partial charge in [-0.1, -0.05) is 0 Å². The molecule has 0 bridgehead atoms. The van der Waals surface area contributed by atoms with Gasteiger partial charge in [0, 0.05) is 62.1 Å². The molecule has 0 aliphatic carbocycles. The molecule has 1 atom stereocenters. The van der Waals surface area contributed by atoms with Gasteiger partial charge in [0.05, 0.1) is 6.04 Å². The Kier molecular flexibility index (Phi) is 6.00. The lowest BCUT2D eigenvalue weighted by Gasteiger charge is -2.36. The first-order chi connectivity index (χ1) is 16.5. The Labute approximate surface area is 198 Å². The predicted octanol–water partition coefficient (Wildman–Crippen LogP) is 2.30. The highest BCUT2D eigenvalue weighted by molar-refractivity contribution is 5.97. The Bertz CT molecular complexity index is 1090. The number of nitrogens with one attached hydrogen (secondary N) is 1. The van der Waals surface area contributed by atoms with Crippen LogP contribution in [0.3, 0.4) is 0 Å². The molecule has 34 heavy (non-hydrogen) atoms. The molecule has 0 spiro atoms. The summed E-state index contributed by atoms with van der Waals surface area (Å²) in [4.78, 5) is 42.6. The van der Waals surface area contributed by atoms with Crippen molar-refractivity contribution in [2.45, 2.75) is 19.4 Å². The van der Waals surface area contributed by atoms with Crippen molar-refractivity contribution < 1.29 is 23.9 Å². The van der Waals surface area contributed by atoms with Gasteiger partial charge < -0.3 is 29.5 Å².